The fourth-order valence-corrected chi connectivity index (χ4v) is 4.62. The predicted octanol–water partition coefficient (Wildman–Crippen LogP) is 3.19. The van der Waals surface area contributed by atoms with Crippen LogP contribution < -0.4 is 0 Å². The number of hydrogen-bond acceptors (Lipinski definition) is 5. The standard InChI is InChI=1S/C25H26ClN5O3/c1-15-20(11-17(12-27)23(26)28-15)25(33)31-7-8-34-14-19(31)9-18-13-30(4)22-6-5-16(10-21(18)22)24(32)29(2)3/h5-6,10-11,13,19H,7-9,14H2,1-4H3/t19-/m0/s1. The van der Waals surface area contributed by atoms with Gasteiger partial charge in [0.25, 0.3) is 11.8 Å². The van der Waals surface area contributed by atoms with E-state index in [9.17, 15) is 14.9 Å². The van der Waals surface area contributed by atoms with Crippen LogP contribution >= 0.6 is 11.6 Å². The zero-order chi connectivity index (χ0) is 24.6. The van der Waals surface area contributed by atoms with Crippen molar-refractivity contribution in [2.75, 3.05) is 33.9 Å². The van der Waals surface area contributed by atoms with Crippen molar-refractivity contribution < 1.29 is 14.3 Å². The van der Waals surface area contributed by atoms with Crippen LogP contribution in [0.1, 0.15) is 37.5 Å². The van der Waals surface area contributed by atoms with Gasteiger partial charge < -0.3 is 19.1 Å². The molecule has 34 heavy (non-hydrogen) atoms. The summed E-state index contributed by atoms with van der Waals surface area (Å²) < 4.78 is 7.75. The Morgan fingerprint density at radius 3 is 2.79 bits per heavy atom. The number of morpholine rings is 1. The van der Waals surface area contributed by atoms with Gasteiger partial charge in [0.15, 0.2) is 0 Å². The Hall–Kier alpha value is -3.41. The lowest BCUT2D eigenvalue weighted by Crippen LogP contribution is -2.50. The molecule has 1 fully saturated rings. The first kappa shape index (κ1) is 23.7. The normalized spacial score (nSPS) is 15.9. The largest absolute Gasteiger partial charge is 0.377 e. The fraction of sp³-hybridized carbons (Fsp3) is 0.360. The number of amides is 2. The highest BCUT2D eigenvalue weighted by atomic mass is 35.5. The van der Waals surface area contributed by atoms with E-state index in [0.717, 1.165) is 16.5 Å². The van der Waals surface area contributed by atoms with Crippen molar-refractivity contribution >= 4 is 34.3 Å². The second-order valence-corrected chi connectivity index (χ2v) is 9.06. The molecule has 3 aromatic rings. The Balaban J connectivity index is 1.68. The smallest absolute Gasteiger partial charge is 0.256 e. The topological polar surface area (TPSA) is 91.5 Å². The first-order valence-electron chi connectivity index (χ1n) is 11.0. The Bertz CT molecular complexity index is 1320. The molecular weight excluding hydrogens is 454 g/mol. The van der Waals surface area contributed by atoms with E-state index >= 15 is 0 Å². The number of aromatic nitrogens is 2. The molecule has 2 amide bonds. The number of hydrogen-bond donors (Lipinski definition) is 0. The number of benzene rings is 1. The van der Waals surface area contributed by atoms with E-state index in [1.165, 1.54) is 6.07 Å². The average molecular weight is 480 g/mol. The van der Waals surface area contributed by atoms with Crippen molar-refractivity contribution in [2.45, 2.75) is 19.4 Å². The van der Waals surface area contributed by atoms with Crippen LogP contribution in [0.15, 0.2) is 30.5 Å². The van der Waals surface area contributed by atoms with Crippen LogP contribution in [-0.2, 0) is 18.2 Å². The summed E-state index contributed by atoms with van der Waals surface area (Å²) in [6.45, 7) is 2.97. The molecule has 3 heterocycles. The van der Waals surface area contributed by atoms with Crippen molar-refractivity contribution in [3.05, 3.63) is 63.6 Å². The van der Waals surface area contributed by atoms with E-state index < -0.39 is 0 Å². The molecule has 2 aromatic heterocycles. The number of ether oxygens (including phenoxy) is 1. The number of halogens is 1. The number of fused-ring (bicyclic) bond motifs is 1. The van der Waals surface area contributed by atoms with Crippen LogP contribution in [0, 0.1) is 18.3 Å². The van der Waals surface area contributed by atoms with Crippen LogP contribution in [0.3, 0.4) is 0 Å². The van der Waals surface area contributed by atoms with Gasteiger partial charge in [-0.1, -0.05) is 11.6 Å². The first-order chi connectivity index (χ1) is 16.2. The summed E-state index contributed by atoms with van der Waals surface area (Å²) in [6.07, 6.45) is 2.60. The Morgan fingerprint density at radius 1 is 1.32 bits per heavy atom. The van der Waals surface area contributed by atoms with Gasteiger partial charge in [0.1, 0.15) is 11.2 Å². The number of carbonyl (C=O) groups excluding carboxylic acids is 2. The van der Waals surface area contributed by atoms with Gasteiger partial charge >= 0.3 is 0 Å². The van der Waals surface area contributed by atoms with E-state index in [1.54, 1.807) is 30.8 Å². The lowest BCUT2D eigenvalue weighted by atomic mass is 10.0. The predicted molar refractivity (Wildman–Crippen MR) is 129 cm³/mol. The third kappa shape index (κ3) is 4.37. The molecule has 4 rings (SSSR count). The quantitative estimate of drug-likeness (QED) is 0.536. The van der Waals surface area contributed by atoms with Gasteiger partial charge in [0.05, 0.1) is 36.1 Å². The molecule has 1 aliphatic heterocycles. The maximum absolute atomic E-state index is 13.5. The van der Waals surface area contributed by atoms with Crippen molar-refractivity contribution in [2.24, 2.45) is 7.05 Å². The lowest BCUT2D eigenvalue weighted by Gasteiger charge is -2.36. The molecule has 1 atom stereocenters. The van der Waals surface area contributed by atoms with E-state index in [1.807, 2.05) is 42.1 Å². The number of nitrogens with zero attached hydrogens (tertiary/aromatic N) is 5. The van der Waals surface area contributed by atoms with E-state index in [4.69, 9.17) is 16.3 Å². The third-order valence-electron chi connectivity index (χ3n) is 6.19. The first-order valence-corrected chi connectivity index (χ1v) is 11.3. The molecule has 0 unspecified atom stereocenters. The Morgan fingerprint density at radius 2 is 2.09 bits per heavy atom. The van der Waals surface area contributed by atoms with Crippen molar-refractivity contribution in [1.29, 1.82) is 5.26 Å². The highest BCUT2D eigenvalue weighted by Gasteiger charge is 2.30. The molecule has 176 valence electrons. The van der Waals surface area contributed by atoms with Gasteiger partial charge in [-0.15, -0.1) is 0 Å². The number of pyridine rings is 1. The molecule has 8 nitrogen and oxygen atoms in total. The van der Waals surface area contributed by atoms with Gasteiger partial charge in [-0.25, -0.2) is 4.98 Å². The van der Waals surface area contributed by atoms with E-state index in [-0.39, 0.29) is 28.6 Å². The van der Waals surface area contributed by atoms with Crippen LogP contribution in [-0.4, -0.2) is 71.1 Å². The van der Waals surface area contributed by atoms with Crippen LogP contribution in [0.2, 0.25) is 5.15 Å². The SMILES string of the molecule is Cc1nc(Cl)c(C#N)cc1C(=O)N1CCOC[C@@H]1Cc1cn(C)c2ccc(C(=O)N(C)C)cc12. The van der Waals surface area contributed by atoms with Crippen LogP contribution in [0.4, 0.5) is 0 Å². The minimum absolute atomic E-state index is 0.0616. The highest BCUT2D eigenvalue weighted by molar-refractivity contribution is 6.30. The zero-order valence-corrected chi connectivity index (χ0v) is 20.4. The zero-order valence-electron chi connectivity index (χ0n) is 19.6. The molecule has 0 aliphatic carbocycles. The Labute approximate surface area is 203 Å². The van der Waals surface area contributed by atoms with Crippen molar-refractivity contribution in [1.82, 2.24) is 19.4 Å². The van der Waals surface area contributed by atoms with Crippen LogP contribution in [0.25, 0.3) is 10.9 Å². The molecule has 0 radical (unpaired) electrons. The minimum Gasteiger partial charge on any atom is -0.377 e. The molecule has 1 aromatic carbocycles. The maximum atomic E-state index is 13.5. The van der Waals surface area contributed by atoms with Gasteiger partial charge in [-0.05, 0) is 43.2 Å². The maximum Gasteiger partial charge on any atom is 0.256 e. The Kier molecular flexibility index (Phi) is 6.60. The highest BCUT2D eigenvalue weighted by Crippen LogP contribution is 2.27. The number of nitriles is 1. The van der Waals surface area contributed by atoms with Crippen LogP contribution in [0.5, 0.6) is 0 Å². The van der Waals surface area contributed by atoms with E-state index in [0.29, 0.717) is 43.0 Å². The minimum atomic E-state index is -0.208. The van der Waals surface area contributed by atoms with Gasteiger partial charge in [-0.2, -0.15) is 5.26 Å². The second kappa shape index (κ2) is 9.45. The van der Waals surface area contributed by atoms with Gasteiger partial charge in [0.2, 0.25) is 0 Å². The van der Waals surface area contributed by atoms with Gasteiger partial charge in [-0.3, -0.25) is 9.59 Å². The fourth-order valence-electron chi connectivity index (χ4n) is 4.40. The molecule has 0 spiro atoms. The molecular formula is C25H26ClN5O3. The molecule has 0 bridgehead atoms. The second-order valence-electron chi connectivity index (χ2n) is 8.70. The van der Waals surface area contributed by atoms with Gasteiger partial charge in [0, 0.05) is 50.4 Å². The summed E-state index contributed by atoms with van der Waals surface area (Å²) in [5.41, 5.74) is 3.68. The summed E-state index contributed by atoms with van der Waals surface area (Å²) in [7, 11) is 5.42. The molecule has 0 N–H and O–H groups in total. The van der Waals surface area contributed by atoms with E-state index in [2.05, 4.69) is 4.98 Å². The van der Waals surface area contributed by atoms with Crippen molar-refractivity contribution in [3.63, 3.8) is 0 Å². The molecule has 9 heteroatoms. The lowest BCUT2D eigenvalue weighted by molar-refractivity contribution is -0.00163. The summed E-state index contributed by atoms with van der Waals surface area (Å²) in [4.78, 5) is 33.5. The summed E-state index contributed by atoms with van der Waals surface area (Å²) in [5, 5.41) is 10.4. The molecule has 0 saturated carbocycles. The number of carbonyl (C=O) groups is 2. The monoisotopic (exact) mass is 479 g/mol. The summed E-state index contributed by atoms with van der Waals surface area (Å²) in [5.74, 6) is -0.260. The number of aryl methyl sites for hydroxylation is 2. The molecule has 1 aliphatic rings. The van der Waals surface area contributed by atoms with Crippen molar-refractivity contribution in [3.8, 4) is 6.07 Å². The number of rotatable bonds is 4. The molecule has 1 saturated heterocycles. The third-order valence-corrected chi connectivity index (χ3v) is 6.47. The average Bonchev–Trinajstić information content (AvgIpc) is 3.13. The summed E-state index contributed by atoms with van der Waals surface area (Å²) in [6, 6.07) is 8.98. The summed E-state index contributed by atoms with van der Waals surface area (Å²) >= 11 is 6.03.